The molecule has 0 N–H and O–H groups in total. The van der Waals surface area contributed by atoms with Gasteiger partial charge in [-0.3, -0.25) is 4.79 Å². The fraction of sp³-hybridized carbons (Fsp3) is 0.0909. The van der Waals surface area contributed by atoms with Crippen LogP contribution in [0.3, 0.4) is 0 Å². The maximum atomic E-state index is 11.1. The molecule has 2 aromatic rings. The molecule has 0 saturated heterocycles. The molecule has 0 aliphatic rings. The topological polar surface area (TPSA) is 30.0 Å². The van der Waals surface area contributed by atoms with Crippen LogP contribution in [0.1, 0.15) is 15.9 Å². The van der Waals surface area contributed by atoms with E-state index < -0.39 is 5.24 Å². The van der Waals surface area contributed by atoms with Crippen molar-refractivity contribution >= 4 is 50.9 Å². The van der Waals surface area contributed by atoms with Crippen molar-refractivity contribution in [3.8, 4) is 0 Å². The Kier molecular flexibility index (Phi) is 3.06. The maximum Gasteiger partial charge on any atom is 0.255 e. The van der Waals surface area contributed by atoms with Crippen molar-refractivity contribution in [1.82, 2.24) is 4.98 Å². The molecule has 0 bridgehead atoms. The van der Waals surface area contributed by atoms with Crippen LogP contribution in [0.2, 0.25) is 10.2 Å². The second-order valence-corrected chi connectivity index (χ2v) is 4.50. The first kappa shape index (κ1) is 11.6. The Morgan fingerprint density at radius 1 is 1.25 bits per heavy atom. The molecule has 0 aliphatic heterocycles. The quantitative estimate of drug-likeness (QED) is 0.575. The normalized spacial score (nSPS) is 10.8. The number of carbonyl (C=O) groups excluding carboxylic acids is 1. The molecular formula is C11H6Cl3NO. The first-order valence-corrected chi connectivity index (χ1v) is 5.58. The molecule has 2 nitrogen and oxygen atoms in total. The van der Waals surface area contributed by atoms with Gasteiger partial charge in [-0.05, 0) is 42.3 Å². The molecule has 1 aromatic heterocycles. The highest BCUT2D eigenvalue weighted by molar-refractivity contribution is 6.68. The number of pyridine rings is 1. The Morgan fingerprint density at radius 2 is 1.94 bits per heavy atom. The van der Waals surface area contributed by atoms with Gasteiger partial charge in [-0.25, -0.2) is 4.98 Å². The summed E-state index contributed by atoms with van der Waals surface area (Å²) in [6.07, 6.45) is 0. The first-order valence-electron chi connectivity index (χ1n) is 4.45. The number of nitrogens with zero attached hydrogens (tertiary/aromatic N) is 1. The molecule has 1 heterocycles. The average Bonchev–Trinajstić information content (AvgIpc) is 2.19. The maximum absolute atomic E-state index is 11.1. The summed E-state index contributed by atoms with van der Waals surface area (Å²) in [4.78, 5) is 15.2. The molecule has 0 spiro atoms. The average molecular weight is 275 g/mol. The molecule has 82 valence electrons. The summed E-state index contributed by atoms with van der Waals surface area (Å²) in [5, 5.41) is 0.871. The number of hydrogen-bond acceptors (Lipinski definition) is 2. The standard InChI is InChI=1S/C11H6Cl3NO/c1-5-2-6-3-7(11(14)16)10(13)15-9(6)4-8(5)12/h2-4H,1H3. The highest BCUT2D eigenvalue weighted by Crippen LogP contribution is 2.26. The number of aryl methyl sites for hydroxylation is 1. The van der Waals surface area contributed by atoms with Gasteiger partial charge in [-0.2, -0.15) is 0 Å². The van der Waals surface area contributed by atoms with Crippen LogP contribution in [-0.4, -0.2) is 10.2 Å². The Balaban J connectivity index is 2.79. The van der Waals surface area contributed by atoms with Crippen LogP contribution < -0.4 is 0 Å². The first-order chi connectivity index (χ1) is 7.49. The number of benzene rings is 1. The van der Waals surface area contributed by atoms with Gasteiger partial charge >= 0.3 is 0 Å². The lowest BCUT2D eigenvalue weighted by molar-refractivity contribution is 0.108. The van der Waals surface area contributed by atoms with Gasteiger partial charge in [0.2, 0.25) is 0 Å². The van der Waals surface area contributed by atoms with Crippen molar-refractivity contribution < 1.29 is 4.79 Å². The van der Waals surface area contributed by atoms with Crippen LogP contribution >= 0.6 is 34.8 Å². The van der Waals surface area contributed by atoms with Crippen molar-refractivity contribution in [1.29, 1.82) is 0 Å². The van der Waals surface area contributed by atoms with E-state index in [0.29, 0.717) is 10.5 Å². The Hall–Kier alpha value is -0.830. The van der Waals surface area contributed by atoms with Crippen LogP contribution in [0.25, 0.3) is 10.9 Å². The van der Waals surface area contributed by atoms with Gasteiger partial charge in [0.05, 0.1) is 11.1 Å². The third kappa shape index (κ3) is 2.01. The Bertz CT molecular complexity index is 595. The molecular weight excluding hydrogens is 268 g/mol. The van der Waals surface area contributed by atoms with Crippen LogP contribution in [0, 0.1) is 6.92 Å². The summed E-state index contributed by atoms with van der Waals surface area (Å²) in [6.45, 7) is 1.87. The predicted molar refractivity (Wildman–Crippen MR) is 66.7 cm³/mol. The molecule has 0 aliphatic carbocycles. The SMILES string of the molecule is Cc1cc2cc(C(=O)Cl)c(Cl)nc2cc1Cl. The van der Waals surface area contributed by atoms with Crippen molar-refractivity contribution in [2.45, 2.75) is 6.92 Å². The lowest BCUT2D eigenvalue weighted by Gasteiger charge is -2.04. The van der Waals surface area contributed by atoms with E-state index in [1.54, 1.807) is 12.1 Å². The van der Waals surface area contributed by atoms with E-state index >= 15 is 0 Å². The van der Waals surface area contributed by atoms with Crippen LogP contribution in [0.5, 0.6) is 0 Å². The van der Waals surface area contributed by atoms with Crippen molar-refractivity contribution in [3.63, 3.8) is 0 Å². The lowest BCUT2D eigenvalue weighted by atomic mass is 10.1. The predicted octanol–water partition coefficient (Wildman–Crippen LogP) is 4.23. The van der Waals surface area contributed by atoms with Crippen molar-refractivity contribution in [2.75, 3.05) is 0 Å². The summed E-state index contributed by atoms with van der Waals surface area (Å²) in [5.41, 5.74) is 1.76. The third-order valence-corrected chi connectivity index (χ3v) is 3.16. The Morgan fingerprint density at radius 3 is 2.56 bits per heavy atom. The van der Waals surface area contributed by atoms with Gasteiger partial charge in [0.1, 0.15) is 5.15 Å². The minimum Gasteiger partial charge on any atom is -0.275 e. The minimum atomic E-state index is -0.619. The zero-order valence-electron chi connectivity index (χ0n) is 8.22. The number of halogens is 3. The van der Waals surface area contributed by atoms with E-state index in [9.17, 15) is 4.79 Å². The zero-order valence-corrected chi connectivity index (χ0v) is 10.5. The van der Waals surface area contributed by atoms with Gasteiger partial charge in [0.15, 0.2) is 0 Å². The van der Waals surface area contributed by atoms with Gasteiger partial charge in [-0.15, -0.1) is 0 Å². The van der Waals surface area contributed by atoms with Gasteiger partial charge in [0, 0.05) is 10.4 Å². The fourth-order valence-electron chi connectivity index (χ4n) is 1.42. The molecule has 2 rings (SSSR count). The summed E-state index contributed by atoms with van der Waals surface area (Å²) >= 11 is 17.2. The summed E-state index contributed by atoms with van der Waals surface area (Å²) in [6, 6.07) is 5.16. The van der Waals surface area contributed by atoms with E-state index in [2.05, 4.69) is 4.98 Å². The number of aromatic nitrogens is 1. The van der Waals surface area contributed by atoms with Crippen molar-refractivity contribution in [2.24, 2.45) is 0 Å². The van der Waals surface area contributed by atoms with Gasteiger partial charge < -0.3 is 0 Å². The second kappa shape index (κ2) is 4.21. The molecule has 5 heteroatoms. The largest absolute Gasteiger partial charge is 0.275 e. The summed E-state index contributed by atoms with van der Waals surface area (Å²) in [5.74, 6) is 0. The van der Waals surface area contributed by atoms with Gasteiger partial charge in [0.25, 0.3) is 5.24 Å². The van der Waals surface area contributed by atoms with E-state index in [0.717, 1.165) is 10.9 Å². The van der Waals surface area contributed by atoms with Gasteiger partial charge in [-0.1, -0.05) is 23.2 Å². The number of hydrogen-bond donors (Lipinski definition) is 0. The minimum absolute atomic E-state index is 0.0902. The van der Waals surface area contributed by atoms with Crippen molar-refractivity contribution in [3.05, 3.63) is 39.5 Å². The highest BCUT2D eigenvalue weighted by atomic mass is 35.5. The zero-order chi connectivity index (χ0) is 11.9. The van der Waals surface area contributed by atoms with Crippen LogP contribution in [0.4, 0.5) is 0 Å². The molecule has 1 aromatic carbocycles. The molecule has 0 atom stereocenters. The summed E-state index contributed by atoms with van der Waals surface area (Å²) < 4.78 is 0. The number of fused-ring (bicyclic) bond motifs is 1. The van der Waals surface area contributed by atoms with Crippen LogP contribution in [-0.2, 0) is 0 Å². The fourth-order valence-corrected chi connectivity index (χ4v) is 2.01. The Labute approximate surface area is 107 Å². The highest BCUT2D eigenvalue weighted by Gasteiger charge is 2.11. The summed E-state index contributed by atoms with van der Waals surface area (Å²) in [7, 11) is 0. The number of rotatable bonds is 1. The monoisotopic (exact) mass is 273 g/mol. The molecule has 0 radical (unpaired) electrons. The molecule has 16 heavy (non-hydrogen) atoms. The van der Waals surface area contributed by atoms with E-state index in [4.69, 9.17) is 34.8 Å². The molecule has 0 amide bonds. The molecule has 0 fully saturated rings. The van der Waals surface area contributed by atoms with E-state index in [1.165, 1.54) is 0 Å². The van der Waals surface area contributed by atoms with Crippen LogP contribution in [0.15, 0.2) is 18.2 Å². The van der Waals surface area contributed by atoms with E-state index in [-0.39, 0.29) is 10.7 Å². The number of carbonyl (C=O) groups is 1. The molecule has 0 unspecified atom stereocenters. The lowest BCUT2D eigenvalue weighted by Crippen LogP contribution is -1.94. The molecule has 0 saturated carbocycles. The van der Waals surface area contributed by atoms with E-state index in [1.807, 2.05) is 13.0 Å². The smallest absolute Gasteiger partial charge is 0.255 e. The second-order valence-electron chi connectivity index (χ2n) is 3.39. The third-order valence-electron chi connectivity index (χ3n) is 2.26.